The highest BCUT2D eigenvalue weighted by atomic mass is 127. The quantitative estimate of drug-likeness (QED) is 0.00472. The Balaban J connectivity index is -0.000000168. The minimum absolute atomic E-state index is 0. The van der Waals surface area contributed by atoms with Crippen molar-refractivity contribution < 1.29 is 132 Å². The molecular weight excluding hydrogens is 1590 g/mol. The fourth-order valence-electron chi connectivity index (χ4n) is 5.86. The molecule has 0 saturated carbocycles. The van der Waals surface area contributed by atoms with Crippen molar-refractivity contribution in [1.82, 2.24) is 9.97 Å². The molecule has 0 bridgehead atoms. The summed E-state index contributed by atoms with van der Waals surface area (Å²) in [7, 11) is 0.834. The number of methoxy groups -OCH3 is 4. The molecule has 0 aliphatic carbocycles. The number of aryl methyl sites for hydroxylation is 2. The molecule has 34 heteroatoms. The number of aliphatic hydroxyl groups is 7. The van der Waals surface area contributed by atoms with Crippen LogP contribution in [0.5, 0.6) is 5.75 Å². The molecule has 30 nitrogen and oxygen atoms in total. The van der Waals surface area contributed by atoms with Crippen molar-refractivity contribution in [3.05, 3.63) is 132 Å². The highest BCUT2D eigenvalue weighted by Gasteiger charge is 2.28. The molecule has 1 unspecified atom stereocenters. The first-order valence-corrected chi connectivity index (χ1v) is 33.6. The number of nitrogens with zero attached hydrogens (tertiary/aromatic N) is 2. The lowest BCUT2D eigenvalue weighted by atomic mass is 10.1. The van der Waals surface area contributed by atoms with E-state index in [-0.39, 0.29) is 146 Å². The molecule has 2 fully saturated rings. The molecular formula is C66H112I2N2O28S2. The highest BCUT2D eigenvalue weighted by molar-refractivity contribution is 14.1. The fourth-order valence-corrected chi connectivity index (χ4v) is 7.90. The molecule has 1 atom stereocenters. The molecule has 2 aromatic carbocycles. The molecule has 0 amide bonds. The Morgan fingerprint density at radius 1 is 0.590 bits per heavy atom. The molecule has 100 heavy (non-hydrogen) atoms. The number of halogens is 2. The van der Waals surface area contributed by atoms with Gasteiger partial charge in [-0.2, -0.15) is 12.6 Å². The van der Waals surface area contributed by atoms with E-state index in [1.54, 1.807) is 49.1 Å². The zero-order chi connectivity index (χ0) is 71.0. The molecule has 0 spiro atoms. The van der Waals surface area contributed by atoms with Gasteiger partial charge in [-0.3, -0.25) is 37.5 Å². The molecule has 2 aliphatic heterocycles. The Bertz CT molecular complexity index is 2670. The minimum atomic E-state index is -3.86. The van der Waals surface area contributed by atoms with Gasteiger partial charge in [-0.25, -0.2) is 4.79 Å². The Morgan fingerprint density at radius 3 is 1.32 bits per heavy atom. The number of aliphatic hydroxyl groups excluding tert-OH is 7. The van der Waals surface area contributed by atoms with Crippen LogP contribution in [0.1, 0.15) is 85.8 Å². The summed E-state index contributed by atoms with van der Waals surface area (Å²) in [5, 5.41) is 57.3. The zero-order valence-electron chi connectivity index (χ0n) is 53.1. The van der Waals surface area contributed by atoms with E-state index < -0.39 is 63.9 Å². The van der Waals surface area contributed by atoms with Gasteiger partial charge in [0.15, 0.2) is 18.5 Å². The number of alkyl halides is 2. The summed E-state index contributed by atoms with van der Waals surface area (Å²) in [6.45, 7) is 9.67. The predicted octanol–water partition coefficient (Wildman–Crippen LogP) is 6.79. The molecule has 4 heterocycles. The molecule has 4 aromatic rings. The normalized spacial score (nSPS) is 14.6. The maximum absolute atomic E-state index is 11.9. The lowest BCUT2D eigenvalue weighted by molar-refractivity contribution is -0.211. The molecule has 2 aromatic heterocycles. The van der Waals surface area contributed by atoms with Crippen molar-refractivity contribution in [3.8, 4) is 5.75 Å². The zero-order valence-corrected chi connectivity index (χ0v) is 59.0. The van der Waals surface area contributed by atoms with Crippen LogP contribution in [0.15, 0.2) is 115 Å². The number of rotatable bonds is 27. The van der Waals surface area contributed by atoms with E-state index in [2.05, 4.69) is 80.7 Å². The average Bonchev–Trinajstić information content (AvgIpc) is 0.836. The Morgan fingerprint density at radius 2 is 0.990 bits per heavy atom. The summed E-state index contributed by atoms with van der Waals surface area (Å²) in [5.41, 5.74) is 3.90. The summed E-state index contributed by atoms with van der Waals surface area (Å²) in [6, 6.07) is 20.7. The molecule has 7 N–H and O–H groups in total. The first-order valence-electron chi connectivity index (χ1n) is 28.2. The molecule has 580 valence electrons. The number of ether oxygens (including phenoxy) is 10. The lowest BCUT2D eigenvalue weighted by Gasteiger charge is -2.29. The third-order valence-corrected chi connectivity index (χ3v) is 13.9. The molecule has 2 aliphatic rings. The van der Waals surface area contributed by atoms with Crippen LogP contribution >= 0.6 is 45.2 Å². The molecule has 2 saturated heterocycles. The largest absolute Gasteiger partial charge is 0.469 e. The van der Waals surface area contributed by atoms with Crippen LogP contribution in [0.3, 0.4) is 0 Å². The van der Waals surface area contributed by atoms with Crippen LogP contribution in [-0.2, 0) is 101 Å². The Hall–Kier alpha value is -5.37. The number of esters is 5. The van der Waals surface area contributed by atoms with E-state index in [4.69, 9.17) is 76.7 Å². The second-order valence-corrected chi connectivity index (χ2v) is 22.9. The lowest BCUT2D eigenvalue weighted by Crippen LogP contribution is -2.30. The van der Waals surface area contributed by atoms with Crippen LogP contribution in [0.25, 0.3) is 0 Å². The summed E-state index contributed by atoms with van der Waals surface area (Å²) in [6.07, 6.45) is 6.97. The monoisotopic (exact) mass is 1700 g/mol. The van der Waals surface area contributed by atoms with Gasteiger partial charge in [-0.05, 0) is 62.4 Å². The molecule has 6 rings (SSSR count). The van der Waals surface area contributed by atoms with Crippen LogP contribution in [0.4, 0.5) is 0 Å². The third-order valence-electron chi connectivity index (χ3n) is 11.0. The topological polar surface area (TPSA) is 424 Å². The van der Waals surface area contributed by atoms with Crippen molar-refractivity contribution in [2.45, 2.75) is 82.3 Å². The van der Waals surface area contributed by atoms with Gasteiger partial charge in [-0.15, -0.1) is 0 Å². The number of aromatic nitrogens is 2. The third kappa shape index (κ3) is 55.3. The number of carbonyl (C=O) groups excluding carboxylic acids is 5. The summed E-state index contributed by atoms with van der Waals surface area (Å²) >= 11 is 2.57. The fraction of sp³-hybridized carbons (Fsp3) is 0.561. The van der Waals surface area contributed by atoms with Crippen molar-refractivity contribution in [3.63, 3.8) is 0 Å². The minimum Gasteiger partial charge on any atom is -0.469 e. The Kier molecular flexibility index (Phi) is 79.6. The average molecular weight is 1700 g/mol. The first-order chi connectivity index (χ1) is 45.1. The first kappa shape index (κ1) is 111. The molecule has 0 radical (unpaired) electrons. The van der Waals surface area contributed by atoms with Gasteiger partial charge in [0.05, 0.1) is 139 Å². The van der Waals surface area contributed by atoms with Gasteiger partial charge in [0, 0.05) is 68.6 Å². The van der Waals surface area contributed by atoms with Crippen molar-refractivity contribution >= 4 is 96.5 Å². The van der Waals surface area contributed by atoms with Crippen LogP contribution in [0, 0.1) is 37.5 Å². The second-order valence-electron chi connectivity index (χ2n) is 18.3. The van der Waals surface area contributed by atoms with Gasteiger partial charge in [0.25, 0.3) is 10.1 Å². The second kappa shape index (κ2) is 72.0. The van der Waals surface area contributed by atoms with Gasteiger partial charge in [0.2, 0.25) is 0 Å². The van der Waals surface area contributed by atoms with E-state index in [9.17, 15) is 36.6 Å². The summed E-state index contributed by atoms with van der Waals surface area (Å²) in [5.74, 6) is -4.18. The van der Waals surface area contributed by atoms with Gasteiger partial charge >= 0.3 is 41.2 Å². The predicted molar refractivity (Wildman–Crippen MR) is 394 cm³/mol. The standard InChI is InChI=1S/C16H18O6S2.C13H15NO4.C10H13NO3.C6H10O5.C5H8O4.C4H8I2O.C4H10O3.C2H6O2.6CH4/c1-13-3-7-15(8-4-13)22-23(17)20-11-12-21-24(18,19)16-9-5-14(2)6-10-16;1-2-12(15)16-7-10-8-17-13(18-9-10)11-3-5-14-6-4-11;12-5-8-6-13-10(14-7-8)9-1-3-11-4-2-9;1-10-5(8)4(3-7)6(9)11-2;1-8-4(6)3-5(7)9-2;5-1-3-7-4-2-6;5-1-4(2-6)3-7;3-1-2-4;;;;;;/h3-10H,11-12H2,1-2H3;2-6,10,13H,1,7-9H2;1-4,8,10,12H,5-7H2;4,7H,3H2,1-2H3;3H2,1-2H3;1-4H2;4-7H,1-3H2;3-4H,1-2H2;6*1H4. The van der Waals surface area contributed by atoms with Crippen molar-refractivity contribution in [1.29, 1.82) is 0 Å². The van der Waals surface area contributed by atoms with Crippen molar-refractivity contribution in [2.75, 3.05) is 143 Å². The number of pyridine rings is 2. The van der Waals surface area contributed by atoms with E-state index in [1.165, 1.54) is 26.4 Å². The van der Waals surface area contributed by atoms with E-state index >= 15 is 0 Å². The maximum Gasteiger partial charge on any atom is 0.360 e. The maximum atomic E-state index is 11.9. The Labute approximate surface area is 621 Å². The number of hydrogen-bond acceptors (Lipinski definition) is 30. The van der Waals surface area contributed by atoms with Gasteiger partial charge in [0.1, 0.15) is 12.2 Å². The smallest absolute Gasteiger partial charge is 0.360 e. The van der Waals surface area contributed by atoms with Crippen molar-refractivity contribution in [2.24, 2.45) is 23.7 Å². The van der Waals surface area contributed by atoms with E-state index in [1.807, 2.05) is 50.2 Å². The van der Waals surface area contributed by atoms with Gasteiger partial charge < -0.3 is 87.3 Å². The van der Waals surface area contributed by atoms with Crippen LogP contribution in [0.2, 0.25) is 0 Å². The van der Waals surface area contributed by atoms with Gasteiger partial charge in [-0.1, -0.05) is 132 Å². The SMILES string of the molecule is C.C.C.C.C.C.C=CC(=O)OCC1COC(c2ccncc2)OC1.COC(=O)C(CO)C(=O)OC.COC(=O)CC(=O)OC.Cc1ccc(OS(=O)OCCOS(=O)(=O)c2ccc(C)cc2)cc1.ICCOCCI.OCC(CO)CO.OCC1COC(c2ccncc2)OC1.OCCO. The summed E-state index contributed by atoms with van der Waals surface area (Å²) in [4.78, 5) is 60.7. The number of hydrogen-bond donors (Lipinski definition) is 7. The number of carbonyl (C=O) groups is 5. The number of benzene rings is 2. The van der Waals surface area contributed by atoms with Crippen LogP contribution in [-0.4, -0.2) is 231 Å². The van der Waals surface area contributed by atoms with Crippen LogP contribution < -0.4 is 4.18 Å². The van der Waals surface area contributed by atoms with E-state index in [0.29, 0.717) is 32.2 Å². The summed E-state index contributed by atoms with van der Waals surface area (Å²) < 4.78 is 101. The highest BCUT2D eigenvalue weighted by Crippen LogP contribution is 2.26. The van der Waals surface area contributed by atoms with E-state index in [0.717, 1.165) is 64.6 Å².